The molecule has 1 fully saturated rings. The summed E-state index contributed by atoms with van der Waals surface area (Å²) in [5.74, 6) is -0.268. The van der Waals surface area contributed by atoms with Gasteiger partial charge in [-0.1, -0.05) is 29.8 Å². The molecule has 1 saturated carbocycles. The molecule has 1 heterocycles. The second-order valence-corrected chi connectivity index (χ2v) is 8.66. The predicted molar refractivity (Wildman–Crippen MR) is 119 cm³/mol. The standard InChI is InChI=1S/C23H21ClN2O2S/c1-13-3-4-16(22(27)25-18-9-10-18)11-20(13)26-23(28)21-14(2)19(12-29-21)15-5-7-17(24)8-6-15/h3-8,11-12,18H,9-10H2,1-2H3,(H,25,27)(H,26,28). The summed E-state index contributed by atoms with van der Waals surface area (Å²) in [4.78, 5) is 25.9. The van der Waals surface area contributed by atoms with Crippen molar-refractivity contribution in [1.82, 2.24) is 5.32 Å². The fourth-order valence-electron chi connectivity index (χ4n) is 3.13. The number of amides is 2. The number of rotatable bonds is 5. The van der Waals surface area contributed by atoms with Crippen LogP contribution >= 0.6 is 22.9 Å². The highest BCUT2D eigenvalue weighted by Crippen LogP contribution is 2.32. The summed E-state index contributed by atoms with van der Waals surface area (Å²) in [6, 6.07) is 13.3. The smallest absolute Gasteiger partial charge is 0.266 e. The number of carbonyl (C=O) groups is 2. The first-order chi connectivity index (χ1) is 13.9. The Bertz CT molecular complexity index is 1080. The topological polar surface area (TPSA) is 58.2 Å². The number of halogens is 1. The van der Waals surface area contributed by atoms with Gasteiger partial charge >= 0.3 is 0 Å². The van der Waals surface area contributed by atoms with Crippen molar-refractivity contribution in [3.8, 4) is 11.1 Å². The average Bonchev–Trinajstić information content (AvgIpc) is 3.43. The molecule has 1 aliphatic rings. The van der Waals surface area contributed by atoms with E-state index in [9.17, 15) is 9.59 Å². The van der Waals surface area contributed by atoms with Crippen LogP contribution in [0.1, 0.15) is 44.0 Å². The van der Waals surface area contributed by atoms with Crippen molar-refractivity contribution in [2.45, 2.75) is 32.7 Å². The van der Waals surface area contributed by atoms with Crippen LogP contribution in [0.25, 0.3) is 11.1 Å². The number of hydrogen-bond donors (Lipinski definition) is 2. The maximum Gasteiger partial charge on any atom is 0.266 e. The summed E-state index contributed by atoms with van der Waals surface area (Å²) in [5, 5.41) is 8.62. The third-order valence-electron chi connectivity index (χ3n) is 5.06. The number of carbonyl (C=O) groups excluding carboxylic acids is 2. The SMILES string of the molecule is Cc1ccc(C(=O)NC2CC2)cc1NC(=O)c1scc(-c2ccc(Cl)cc2)c1C. The molecule has 1 aromatic heterocycles. The molecule has 2 N–H and O–H groups in total. The number of hydrogen-bond acceptors (Lipinski definition) is 3. The molecular weight excluding hydrogens is 404 g/mol. The zero-order valence-corrected chi connectivity index (χ0v) is 17.8. The molecule has 0 unspecified atom stereocenters. The fraction of sp³-hybridized carbons (Fsp3) is 0.217. The third-order valence-corrected chi connectivity index (χ3v) is 6.39. The van der Waals surface area contributed by atoms with Gasteiger partial charge in [-0.2, -0.15) is 0 Å². The molecular formula is C23H21ClN2O2S. The van der Waals surface area contributed by atoms with E-state index in [1.165, 1.54) is 11.3 Å². The maximum absolute atomic E-state index is 12.9. The lowest BCUT2D eigenvalue weighted by Gasteiger charge is -2.11. The van der Waals surface area contributed by atoms with Crippen molar-refractivity contribution in [2.24, 2.45) is 0 Å². The van der Waals surface area contributed by atoms with Gasteiger partial charge in [0.05, 0.1) is 4.88 Å². The van der Waals surface area contributed by atoms with Crippen molar-refractivity contribution < 1.29 is 9.59 Å². The third kappa shape index (κ3) is 4.36. The van der Waals surface area contributed by atoms with E-state index < -0.39 is 0 Å². The van der Waals surface area contributed by atoms with Crippen LogP contribution in [-0.2, 0) is 0 Å². The maximum atomic E-state index is 12.9. The minimum Gasteiger partial charge on any atom is -0.349 e. The van der Waals surface area contributed by atoms with Crippen LogP contribution in [0.3, 0.4) is 0 Å². The van der Waals surface area contributed by atoms with E-state index in [4.69, 9.17) is 11.6 Å². The molecule has 29 heavy (non-hydrogen) atoms. The normalized spacial score (nSPS) is 13.2. The highest BCUT2D eigenvalue weighted by Gasteiger charge is 2.24. The summed E-state index contributed by atoms with van der Waals surface area (Å²) in [6.45, 7) is 3.86. The molecule has 6 heteroatoms. The van der Waals surface area contributed by atoms with Gasteiger partial charge in [-0.05, 0) is 78.6 Å². The second-order valence-electron chi connectivity index (χ2n) is 7.34. The van der Waals surface area contributed by atoms with E-state index in [0.29, 0.717) is 27.2 Å². The number of nitrogens with one attached hydrogen (secondary N) is 2. The monoisotopic (exact) mass is 424 g/mol. The average molecular weight is 425 g/mol. The predicted octanol–water partition coefficient (Wildman–Crippen LogP) is 5.83. The number of anilines is 1. The summed E-state index contributed by atoms with van der Waals surface area (Å²) in [5.41, 5.74) is 5.09. The fourth-order valence-corrected chi connectivity index (χ4v) is 4.25. The summed E-state index contributed by atoms with van der Waals surface area (Å²) in [6.07, 6.45) is 2.07. The Labute approximate surface area is 178 Å². The highest BCUT2D eigenvalue weighted by atomic mass is 35.5. The largest absolute Gasteiger partial charge is 0.349 e. The Morgan fingerprint density at radius 2 is 1.76 bits per heavy atom. The lowest BCUT2D eigenvalue weighted by atomic mass is 10.0. The molecule has 1 aliphatic carbocycles. The van der Waals surface area contributed by atoms with Crippen LogP contribution in [0.4, 0.5) is 5.69 Å². The summed E-state index contributed by atoms with van der Waals surface area (Å²) >= 11 is 7.39. The minimum atomic E-state index is -0.171. The Balaban J connectivity index is 1.55. The first-order valence-corrected chi connectivity index (χ1v) is 10.7. The van der Waals surface area contributed by atoms with Crippen LogP contribution < -0.4 is 10.6 Å². The van der Waals surface area contributed by atoms with Crippen molar-refractivity contribution >= 4 is 40.4 Å². The van der Waals surface area contributed by atoms with Crippen molar-refractivity contribution in [3.63, 3.8) is 0 Å². The van der Waals surface area contributed by atoms with Crippen LogP contribution in [-0.4, -0.2) is 17.9 Å². The van der Waals surface area contributed by atoms with Gasteiger partial charge in [0.2, 0.25) is 0 Å². The first-order valence-electron chi connectivity index (χ1n) is 9.49. The van der Waals surface area contributed by atoms with E-state index >= 15 is 0 Å². The van der Waals surface area contributed by atoms with Crippen LogP contribution in [0.2, 0.25) is 5.02 Å². The number of benzene rings is 2. The van der Waals surface area contributed by atoms with E-state index in [1.807, 2.05) is 49.6 Å². The van der Waals surface area contributed by atoms with Crippen LogP contribution in [0.5, 0.6) is 0 Å². The quantitative estimate of drug-likeness (QED) is 0.541. The van der Waals surface area contributed by atoms with E-state index in [1.54, 1.807) is 12.1 Å². The van der Waals surface area contributed by atoms with E-state index in [-0.39, 0.29) is 11.8 Å². The van der Waals surface area contributed by atoms with Gasteiger partial charge in [0.15, 0.2) is 0 Å². The van der Waals surface area contributed by atoms with Gasteiger partial charge in [-0.15, -0.1) is 11.3 Å². The molecule has 4 rings (SSSR count). The molecule has 3 aromatic rings. The molecule has 0 aliphatic heterocycles. The van der Waals surface area contributed by atoms with Crippen molar-refractivity contribution in [1.29, 1.82) is 0 Å². The van der Waals surface area contributed by atoms with Gasteiger partial charge < -0.3 is 10.6 Å². The molecule has 0 atom stereocenters. The van der Waals surface area contributed by atoms with Gasteiger partial charge in [0, 0.05) is 22.3 Å². The van der Waals surface area contributed by atoms with E-state index in [2.05, 4.69) is 10.6 Å². The lowest BCUT2D eigenvalue weighted by Crippen LogP contribution is -2.25. The molecule has 2 aromatic carbocycles. The van der Waals surface area contributed by atoms with Gasteiger partial charge in [-0.3, -0.25) is 9.59 Å². The lowest BCUT2D eigenvalue weighted by molar-refractivity contribution is 0.0949. The van der Waals surface area contributed by atoms with Gasteiger partial charge in [0.25, 0.3) is 11.8 Å². The molecule has 4 nitrogen and oxygen atoms in total. The van der Waals surface area contributed by atoms with Crippen molar-refractivity contribution in [3.05, 3.63) is 74.4 Å². The van der Waals surface area contributed by atoms with Crippen molar-refractivity contribution in [2.75, 3.05) is 5.32 Å². The molecule has 0 radical (unpaired) electrons. The van der Waals surface area contributed by atoms with Gasteiger partial charge in [0.1, 0.15) is 0 Å². The van der Waals surface area contributed by atoms with E-state index in [0.717, 1.165) is 35.1 Å². The molecule has 0 bridgehead atoms. The second kappa shape index (κ2) is 8.01. The Morgan fingerprint density at radius 3 is 2.45 bits per heavy atom. The summed E-state index contributed by atoms with van der Waals surface area (Å²) in [7, 11) is 0. The zero-order chi connectivity index (χ0) is 20.5. The molecule has 148 valence electrons. The molecule has 0 spiro atoms. The first kappa shape index (κ1) is 19.7. The highest BCUT2D eigenvalue weighted by molar-refractivity contribution is 7.12. The zero-order valence-electron chi connectivity index (χ0n) is 16.2. The van der Waals surface area contributed by atoms with Crippen LogP contribution in [0, 0.1) is 13.8 Å². The molecule has 2 amide bonds. The van der Waals surface area contributed by atoms with Gasteiger partial charge in [-0.25, -0.2) is 0 Å². The number of aryl methyl sites for hydroxylation is 1. The summed E-state index contributed by atoms with van der Waals surface area (Å²) < 4.78 is 0. The Kier molecular flexibility index (Phi) is 5.43. The minimum absolute atomic E-state index is 0.0969. The Hall–Kier alpha value is -2.63. The number of thiophene rings is 1. The Morgan fingerprint density at radius 1 is 1.03 bits per heavy atom. The van der Waals surface area contributed by atoms with Crippen LogP contribution in [0.15, 0.2) is 47.8 Å². The molecule has 0 saturated heterocycles.